The van der Waals surface area contributed by atoms with Crippen LogP contribution in [-0.2, 0) is 4.43 Å². The van der Waals surface area contributed by atoms with Crippen molar-refractivity contribution in [3.63, 3.8) is 0 Å². The lowest BCUT2D eigenvalue weighted by atomic mass is 9.82. The van der Waals surface area contributed by atoms with E-state index in [0.29, 0.717) is 24.5 Å². The van der Waals surface area contributed by atoms with Crippen molar-refractivity contribution < 1.29 is 14.3 Å². The molecule has 4 aromatic rings. The number of amides is 1. The summed E-state index contributed by atoms with van der Waals surface area (Å²) in [5.74, 6) is 0.314. The van der Waals surface area contributed by atoms with E-state index in [-0.39, 0.29) is 28.9 Å². The van der Waals surface area contributed by atoms with Crippen LogP contribution in [0.5, 0.6) is 0 Å². The quantitative estimate of drug-likeness (QED) is 0.181. The summed E-state index contributed by atoms with van der Waals surface area (Å²) in [4.78, 5) is 32.2. The lowest BCUT2D eigenvalue weighted by Crippen LogP contribution is -2.68. The van der Waals surface area contributed by atoms with Crippen LogP contribution in [0.4, 0.5) is 4.79 Å². The number of carbonyl (C=O) groups excluding carboxylic acids is 1. The first-order chi connectivity index (χ1) is 25.0. The summed E-state index contributed by atoms with van der Waals surface area (Å²) in [5.41, 5.74) is -0.0453. The van der Waals surface area contributed by atoms with Crippen LogP contribution >= 0.6 is 0 Å². The van der Waals surface area contributed by atoms with Gasteiger partial charge < -0.3 is 19.3 Å². The third-order valence-corrected chi connectivity index (χ3v) is 16.9. The van der Waals surface area contributed by atoms with E-state index >= 15 is 0 Å². The highest BCUT2D eigenvalue weighted by molar-refractivity contribution is 6.99. The number of piperidine rings is 1. The summed E-state index contributed by atoms with van der Waals surface area (Å²) < 4.78 is 10.5. The summed E-state index contributed by atoms with van der Waals surface area (Å²) in [6, 6.07) is 28.9. The van der Waals surface area contributed by atoms with Gasteiger partial charge in [0.1, 0.15) is 0 Å². The minimum atomic E-state index is -2.65. The Morgan fingerprint density at radius 1 is 0.830 bits per heavy atom. The van der Waals surface area contributed by atoms with E-state index in [0.717, 1.165) is 57.1 Å². The molecule has 3 aromatic carbocycles. The average molecular weight is 739 g/mol. The number of likely N-dealkylation sites (tertiary alicyclic amines) is 1. The highest BCUT2D eigenvalue weighted by atomic mass is 28.4. The van der Waals surface area contributed by atoms with Gasteiger partial charge in [0.2, 0.25) is 0 Å². The number of benzene rings is 3. The van der Waals surface area contributed by atoms with Gasteiger partial charge in [0.05, 0.1) is 16.6 Å². The molecule has 9 heteroatoms. The monoisotopic (exact) mass is 738 g/mol. The van der Waals surface area contributed by atoms with Crippen molar-refractivity contribution in [2.24, 2.45) is 5.92 Å². The molecule has 1 aromatic heterocycles. The fourth-order valence-corrected chi connectivity index (χ4v) is 13.7. The number of carbonyl (C=O) groups is 1. The van der Waals surface area contributed by atoms with Gasteiger partial charge in [0.25, 0.3) is 8.32 Å². The number of hydrogen-bond donors (Lipinski definition) is 1. The molecule has 2 aliphatic rings. The van der Waals surface area contributed by atoms with Gasteiger partial charge in [0, 0.05) is 30.8 Å². The smallest absolute Gasteiger partial charge is 0.337 e. The lowest BCUT2D eigenvalue weighted by molar-refractivity contribution is -0.0551. The molecule has 1 saturated heterocycles. The molecule has 1 amide bonds. The number of imidazole rings is 1. The van der Waals surface area contributed by atoms with Gasteiger partial charge in [-0.1, -0.05) is 93.6 Å². The van der Waals surface area contributed by atoms with Crippen molar-refractivity contribution in [3.05, 3.63) is 95.4 Å². The molecule has 1 saturated carbocycles. The fraction of sp³-hybridized carbons (Fsp3) is 0.545. The van der Waals surface area contributed by atoms with Crippen LogP contribution in [0, 0.1) is 5.92 Å². The second-order valence-corrected chi connectivity index (χ2v) is 22.3. The Balaban J connectivity index is 1.09. The first-order valence-electron chi connectivity index (χ1n) is 19.8. The van der Waals surface area contributed by atoms with Crippen molar-refractivity contribution in [2.75, 3.05) is 26.2 Å². The summed E-state index contributed by atoms with van der Waals surface area (Å²) in [7, 11) is -2.65. The number of fused-ring (bicyclic) bond motifs is 1. The number of hydrogen-bond acceptors (Lipinski definition) is 5. The molecule has 1 N–H and O–H groups in total. The van der Waals surface area contributed by atoms with Crippen LogP contribution in [0.3, 0.4) is 0 Å². The highest BCUT2D eigenvalue weighted by Gasteiger charge is 2.52. The number of rotatable bonds is 9. The Morgan fingerprint density at radius 3 is 1.83 bits per heavy atom. The van der Waals surface area contributed by atoms with Crippen molar-refractivity contribution in [1.29, 1.82) is 0 Å². The minimum absolute atomic E-state index is 0.0614. The molecule has 8 nitrogen and oxygen atoms in total. The molecule has 0 unspecified atom stereocenters. The molecule has 6 rings (SSSR count). The van der Waals surface area contributed by atoms with Crippen LogP contribution in [0.15, 0.2) is 89.7 Å². The Bertz CT molecular complexity index is 1850. The van der Waals surface area contributed by atoms with E-state index in [1.165, 1.54) is 14.9 Å². The fourth-order valence-electron chi connectivity index (χ4n) is 8.96. The maximum Gasteiger partial charge on any atom is 0.337 e. The van der Waals surface area contributed by atoms with E-state index in [2.05, 4.69) is 107 Å². The highest BCUT2D eigenvalue weighted by Crippen LogP contribution is 2.41. The molecule has 2 fully saturated rings. The van der Waals surface area contributed by atoms with E-state index in [1.54, 1.807) is 4.57 Å². The van der Waals surface area contributed by atoms with Crippen molar-refractivity contribution in [3.8, 4) is 0 Å². The van der Waals surface area contributed by atoms with Gasteiger partial charge >= 0.3 is 11.7 Å². The molecule has 286 valence electrons. The first kappa shape index (κ1) is 39.2. The normalized spacial score (nSPS) is 21.0. The maximum absolute atomic E-state index is 14.3. The van der Waals surface area contributed by atoms with Gasteiger partial charge in [-0.15, -0.1) is 0 Å². The molecule has 0 radical (unpaired) electrons. The zero-order chi connectivity index (χ0) is 38.2. The molecule has 53 heavy (non-hydrogen) atoms. The van der Waals surface area contributed by atoms with Gasteiger partial charge in [-0.25, -0.2) is 14.2 Å². The molecule has 1 aliphatic carbocycles. The standard InChI is InChI=1S/C44H62N4O4Si/c1-33(2)47-38-21-15-16-22-39(38)48(41(47)50)40(49)46(42(3,4)5)31-34-25-29-45(30-26-34)32-44(51)27-23-35(24-28-44)52-53(43(6,7)8,36-17-11-9-12-18-36)37-19-13-10-14-20-37/h9-22,33-35,51H,23-32H2,1-8H3/t35-,44+. The van der Waals surface area contributed by atoms with Crippen molar-refractivity contribution >= 4 is 35.8 Å². The molecule has 0 atom stereocenters. The zero-order valence-corrected chi connectivity index (χ0v) is 34.3. The Labute approximate surface area is 317 Å². The number of aliphatic hydroxyl groups is 1. The average Bonchev–Trinajstić information content (AvgIpc) is 3.42. The zero-order valence-electron chi connectivity index (χ0n) is 33.3. The van der Waals surface area contributed by atoms with Crippen molar-refractivity contribution in [1.82, 2.24) is 18.9 Å². The number of para-hydroxylation sites is 2. The first-order valence-corrected chi connectivity index (χ1v) is 21.7. The van der Waals surface area contributed by atoms with E-state index < -0.39 is 19.5 Å². The molecule has 0 spiro atoms. The molecule has 1 aliphatic heterocycles. The second kappa shape index (κ2) is 15.3. The predicted octanol–water partition coefficient (Wildman–Crippen LogP) is 7.41. The molecule has 2 heterocycles. The Kier molecular flexibility index (Phi) is 11.3. The number of aromatic nitrogens is 2. The third-order valence-electron chi connectivity index (χ3n) is 11.8. The Morgan fingerprint density at radius 2 is 1.34 bits per heavy atom. The molecular formula is C44H62N4O4Si. The molecule has 0 bridgehead atoms. The maximum atomic E-state index is 14.3. The van der Waals surface area contributed by atoms with E-state index in [1.807, 2.05) is 43.0 Å². The van der Waals surface area contributed by atoms with Gasteiger partial charge in [-0.05, 0) is 120 Å². The van der Waals surface area contributed by atoms with Gasteiger partial charge in [-0.3, -0.25) is 4.57 Å². The number of nitrogens with zero attached hydrogens (tertiary/aromatic N) is 4. The van der Waals surface area contributed by atoms with Crippen molar-refractivity contribution in [2.45, 2.75) is 122 Å². The van der Waals surface area contributed by atoms with Crippen LogP contribution < -0.4 is 16.1 Å². The minimum Gasteiger partial charge on any atom is -0.404 e. The Hall–Kier alpha value is -3.50. The van der Waals surface area contributed by atoms with E-state index in [4.69, 9.17) is 4.43 Å². The van der Waals surface area contributed by atoms with E-state index in [9.17, 15) is 14.7 Å². The number of β-amino-alcohol motifs (C(OH)–C–C–N with tert-alkyl or cyclic N) is 1. The third kappa shape index (κ3) is 8.00. The summed E-state index contributed by atoms with van der Waals surface area (Å²) in [6.07, 6.45) is 5.10. The van der Waals surface area contributed by atoms with Gasteiger partial charge in [0.15, 0.2) is 0 Å². The van der Waals surface area contributed by atoms with Crippen LogP contribution in [0.2, 0.25) is 5.04 Å². The van der Waals surface area contributed by atoms with Gasteiger partial charge in [-0.2, -0.15) is 0 Å². The second-order valence-electron chi connectivity index (χ2n) is 18.1. The molecular weight excluding hydrogens is 677 g/mol. The summed E-state index contributed by atoms with van der Waals surface area (Å²) >= 11 is 0. The van der Waals surface area contributed by atoms with Crippen LogP contribution in [0.25, 0.3) is 11.0 Å². The lowest BCUT2D eigenvalue weighted by Gasteiger charge is -2.48. The largest absolute Gasteiger partial charge is 0.404 e. The summed E-state index contributed by atoms with van der Waals surface area (Å²) in [6.45, 7) is 20.1. The topological polar surface area (TPSA) is 79.9 Å². The van der Waals surface area contributed by atoms with Crippen LogP contribution in [-0.4, -0.2) is 81.8 Å². The summed E-state index contributed by atoms with van der Waals surface area (Å²) in [5, 5.41) is 14.4. The predicted molar refractivity (Wildman–Crippen MR) is 219 cm³/mol. The SMILES string of the molecule is CC(C)n1c(=O)n(C(=O)N(CC2CCN(C[C@]3(O)CC[C@@H](O[Si](c4ccccc4)(c4ccccc4)C(C)(C)C)CC3)CC2)C(C)(C)C)c2ccccc21. The van der Waals surface area contributed by atoms with Crippen LogP contribution in [0.1, 0.15) is 100.0 Å².